The Morgan fingerprint density at radius 1 is 1.15 bits per heavy atom. The molecule has 2 N–H and O–H groups in total. The molecular formula is C18H18F4N2O2. The van der Waals surface area contributed by atoms with Crippen molar-refractivity contribution in [3.8, 4) is 5.75 Å². The van der Waals surface area contributed by atoms with Crippen molar-refractivity contribution in [2.75, 3.05) is 17.2 Å². The molecule has 4 nitrogen and oxygen atoms in total. The SMILES string of the molecule is Cc1ccc(NC(C)C(=O)Nc2c(F)cccc2F)cc1OCC(F)F. The van der Waals surface area contributed by atoms with E-state index in [0.717, 1.165) is 12.1 Å². The van der Waals surface area contributed by atoms with Gasteiger partial charge in [0.05, 0.1) is 0 Å². The zero-order chi connectivity index (χ0) is 19.3. The zero-order valence-electron chi connectivity index (χ0n) is 14.2. The number of halogens is 4. The lowest BCUT2D eigenvalue weighted by atomic mass is 10.2. The van der Waals surface area contributed by atoms with Crippen LogP contribution in [0.4, 0.5) is 28.9 Å². The first-order chi connectivity index (χ1) is 12.3. The maximum absolute atomic E-state index is 13.6. The van der Waals surface area contributed by atoms with Crippen molar-refractivity contribution in [1.82, 2.24) is 0 Å². The van der Waals surface area contributed by atoms with Gasteiger partial charge in [0.15, 0.2) is 0 Å². The van der Waals surface area contributed by atoms with E-state index in [0.29, 0.717) is 11.3 Å². The summed E-state index contributed by atoms with van der Waals surface area (Å²) in [5.41, 5.74) is 0.564. The Bertz CT molecular complexity index is 764. The quantitative estimate of drug-likeness (QED) is 0.712. The molecule has 0 aromatic heterocycles. The Hall–Kier alpha value is -2.77. The monoisotopic (exact) mass is 370 g/mol. The van der Waals surface area contributed by atoms with Gasteiger partial charge in [0, 0.05) is 11.8 Å². The summed E-state index contributed by atoms with van der Waals surface area (Å²) >= 11 is 0. The van der Waals surface area contributed by atoms with Crippen LogP contribution < -0.4 is 15.4 Å². The number of hydrogen-bond acceptors (Lipinski definition) is 3. The molecule has 0 fully saturated rings. The Morgan fingerprint density at radius 3 is 2.42 bits per heavy atom. The molecule has 0 bridgehead atoms. The van der Waals surface area contributed by atoms with E-state index in [2.05, 4.69) is 10.6 Å². The van der Waals surface area contributed by atoms with Crippen molar-refractivity contribution < 1.29 is 27.1 Å². The van der Waals surface area contributed by atoms with Crippen LogP contribution in [0, 0.1) is 18.6 Å². The van der Waals surface area contributed by atoms with Crippen molar-refractivity contribution in [1.29, 1.82) is 0 Å². The van der Waals surface area contributed by atoms with Gasteiger partial charge in [-0.05, 0) is 37.6 Å². The van der Waals surface area contributed by atoms with Crippen molar-refractivity contribution in [2.24, 2.45) is 0 Å². The standard InChI is InChI=1S/C18H18F4N2O2/c1-10-6-7-12(8-15(10)26-9-16(21)22)23-11(2)18(25)24-17-13(19)4-3-5-14(17)20/h3-8,11,16,23H,9H2,1-2H3,(H,24,25). The molecule has 0 aliphatic rings. The van der Waals surface area contributed by atoms with Gasteiger partial charge in [-0.25, -0.2) is 17.6 Å². The predicted octanol–water partition coefficient (Wildman–Crippen LogP) is 4.36. The van der Waals surface area contributed by atoms with Crippen molar-refractivity contribution in [3.05, 3.63) is 53.6 Å². The van der Waals surface area contributed by atoms with Crippen LogP contribution in [0.5, 0.6) is 5.75 Å². The van der Waals surface area contributed by atoms with Crippen LogP contribution in [0.15, 0.2) is 36.4 Å². The molecule has 2 aromatic carbocycles. The van der Waals surface area contributed by atoms with Gasteiger partial charge in [-0.3, -0.25) is 4.79 Å². The molecule has 26 heavy (non-hydrogen) atoms. The van der Waals surface area contributed by atoms with E-state index in [1.165, 1.54) is 19.1 Å². The van der Waals surface area contributed by atoms with Gasteiger partial charge in [-0.1, -0.05) is 12.1 Å². The highest BCUT2D eigenvalue weighted by atomic mass is 19.3. The van der Waals surface area contributed by atoms with Crippen LogP contribution in [0.25, 0.3) is 0 Å². The third-order valence-electron chi connectivity index (χ3n) is 3.54. The summed E-state index contributed by atoms with van der Waals surface area (Å²) in [7, 11) is 0. The fourth-order valence-electron chi connectivity index (χ4n) is 2.16. The summed E-state index contributed by atoms with van der Waals surface area (Å²) in [4.78, 5) is 12.2. The number of alkyl halides is 2. The minimum atomic E-state index is -2.61. The molecule has 1 unspecified atom stereocenters. The molecule has 8 heteroatoms. The van der Waals surface area contributed by atoms with E-state index < -0.39 is 42.3 Å². The van der Waals surface area contributed by atoms with Crippen LogP contribution in [0.2, 0.25) is 0 Å². The average molecular weight is 370 g/mol. The lowest BCUT2D eigenvalue weighted by Gasteiger charge is -2.17. The summed E-state index contributed by atoms with van der Waals surface area (Å²) < 4.78 is 56.8. The lowest BCUT2D eigenvalue weighted by Crippen LogP contribution is -2.32. The number of benzene rings is 2. The Labute approximate surface area is 148 Å². The summed E-state index contributed by atoms with van der Waals surface area (Å²) in [6.07, 6.45) is -2.61. The fraction of sp³-hybridized carbons (Fsp3) is 0.278. The Kier molecular flexibility index (Phi) is 6.43. The molecule has 0 heterocycles. The van der Waals surface area contributed by atoms with Crippen molar-refractivity contribution in [3.63, 3.8) is 0 Å². The van der Waals surface area contributed by atoms with Crippen LogP contribution in [0.3, 0.4) is 0 Å². The molecule has 140 valence electrons. The molecular weight excluding hydrogens is 352 g/mol. The molecule has 0 spiro atoms. The second-order valence-electron chi connectivity index (χ2n) is 5.63. The van der Waals surface area contributed by atoms with Gasteiger partial charge in [-0.15, -0.1) is 0 Å². The van der Waals surface area contributed by atoms with Gasteiger partial charge in [0.1, 0.15) is 35.7 Å². The summed E-state index contributed by atoms with van der Waals surface area (Å²) in [6.45, 7) is 2.45. The maximum Gasteiger partial charge on any atom is 0.272 e. The van der Waals surface area contributed by atoms with Crippen molar-refractivity contribution >= 4 is 17.3 Å². The van der Waals surface area contributed by atoms with E-state index in [4.69, 9.17) is 4.74 Å². The second-order valence-corrected chi connectivity index (χ2v) is 5.63. The number of anilines is 2. The van der Waals surface area contributed by atoms with Gasteiger partial charge >= 0.3 is 0 Å². The number of carbonyl (C=O) groups excluding carboxylic acids is 1. The first kappa shape index (κ1) is 19.6. The van der Waals surface area contributed by atoms with Crippen LogP contribution in [-0.4, -0.2) is 25.0 Å². The number of amides is 1. The highest BCUT2D eigenvalue weighted by Crippen LogP contribution is 2.24. The number of carbonyl (C=O) groups is 1. The smallest absolute Gasteiger partial charge is 0.272 e. The Balaban J connectivity index is 2.05. The summed E-state index contributed by atoms with van der Waals surface area (Å²) in [5, 5.41) is 5.01. The van der Waals surface area contributed by atoms with E-state index >= 15 is 0 Å². The topological polar surface area (TPSA) is 50.4 Å². The van der Waals surface area contributed by atoms with Gasteiger partial charge < -0.3 is 15.4 Å². The molecule has 0 saturated heterocycles. The predicted molar refractivity (Wildman–Crippen MR) is 90.8 cm³/mol. The third-order valence-corrected chi connectivity index (χ3v) is 3.54. The number of rotatable bonds is 7. The van der Waals surface area contributed by atoms with Crippen LogP contribution in [-0.2, 0) is 4.79 Å². The second kappa shape index (κ2) is 8.55. The molecule has 0 aliphatic heterocycles. The minimum absolute atomic E-state index is 0.253. The first-order valence-electron chi connectivity index (χ1n) is 7.81. The molecule has 1 atom stereocenters. The van der Waals surface area contributed by atoms with Gasteiger partial charge in [-0.2, -0.15) is 0 Å². The molecule has 2 aromatic rings. The minimum Gasteiger partial charge on any atom is -0.487 e. The third kappa shape index (κ3) is 5.11. The summed E-state index contributed by atoms with van der Waals surface area (Å²) in [6, 6.07) is 7.16. The number of para-hydroxylation sites is 1. The molecule has 0 saturated carbocycles. The lowest BCUT2D eigenvalue weighted by molar-refractivity contribution is -0.116. The Morgan fingerprint density at radius 2 is 1.81 bits per heavy atom. The number of nitrogens with one attached hydrogen (secondary N) is 2. The molecule has 0 radical (unpaired) electrons. The zero-order valence-corrected chi connectivity index (χ0v) is 14.2. The van der Waals surface area contributed by atoms with Gasteiger partial charge in [0.2, 0.25) is 5.91 Å². The largest absolute Gasteiger partial charge is 0.487 e. The molecule has 1 amide bonds. The molecule has 0 aliphatic carbocycles. The first-order valence-corrected chi connectivity index (χ1v) is 7.81. The number of hydrogen-bond donors (Lipinski definition) is 2. The van der Waals surface area contributed by atoms with E-state index in [-0.39, 0.29) is 5.75 Å². The normalized spacial score (nSPS) is 12.0. The number of ether oxygens (including phenoxy) is 1. The summed E-state index contributed by atoms with van der Waals surface area (Å²) in [5.74, 6) is -2.18. The highest BCUT2D eigenvalue weighted by molar-refractivity contribution is 5.96. The van der Waals surface area contributed by atoms with E-state index in [1.807, 2.05) is 0 Å². The highest BCUT2D eigenvalue weighted by Gasteiger charge is 2.18. The fourth-order valence-corrected chi connectivity index (χ4v) is 2.16. The van der Waals surface area contributed by atoms with E-state index in [1.54, 1.807) is 19.1 Å². The average Bonchev–Trinajstić information content (AvgIpc) is 2.58. The maximum atomic E-state index is 13.6. The molecule has 2 rings (SSSR count). The van der Waals surface area contributed by atoms with Gasteiger partial charge in [0.25, 0.3) is 6.43 Å². The van der Waals surface area contributed by atoms with Crippen LogP contribution in [0.1, 0.15) is 12.5 Å². The number of aryl methyl sites for hydroxylation is 1. The van der Waals surface area contributed by atoms with Crippen molar-refractivity contribution in [2.45, 2.75) is 26.3 Å². The van der Waals surface area contributed by atoms with Crippen LogP contribution >= 0.6 is 0 Å². The van der Waals surface area contributed by atoms with E-state index in [9.17, 15) is 22.4 Å².